The van der Waals surface area contributed by atoms with Crippen LogP contribution >= 0.6 is 0 Å². The van der Waals surface area contributed by atoms with Crippen molar-refractivity contribution in [2.45, 2.75) is 26.8 Å². The number of likely N-dealkylation sites (N-methyl/N-ethyl adjacent to an activating group) is 1. The van der Waals surface area contributed by atoms with E-state index in [1.54, 1.807) is 0 Å². The van der Waals surface area contributed by atoms with Gasteiger partial charge in [-0.1, -0.05) is 13.0 Å². The van der Waals surface area contributed by atoms with E-state index in [0.29, 0.717) is 6.04 Å². The molecule has 2 rings (SSSR count). The van der Waals surface area contributed by atoms with Gasteiger partial charge in [0.15, 0.2) is 0 Å². The van der Waals surface area contributed by atoms with E-state index >= 15 is 0 Å². The summed E-state index contributed by atoms with van der Waals surface area (Å²) < 4.78 is 0. The van der Waals surface area contributed by atoms with Gasteiger partial charge < -0.3 is 10.6 Å². The van der Waals surface area contributed by atoms with Gasteiger partial charge >= 0.3 is 0 Å². The van der Waals surface area contributed by atoms with Crippen LogP contribution in [-0.2, 0) is 0 Å². The van der Waals surface area contributed by atoms with Crippen LogP contribution in [0.25, 0.3) is 0 Å². The highest BCUT2D eigenvalue weighted by Crippen LogP contribution is 2.26. The van der Waals surface area contributed by atoms with Gasteiger partial charge in [0.05, 0.1) is 11.4 Å². The van der Waals surface area contributed by atoms with Gasteiger partial charge in [0.25, 0.3) is 0 Å². The Bertz CT molecular complexity index is 389. The Kier molecular flexibility index (Phi) is 3.57. The maximum absolute atomic E-state index is 6.11. The first-order chi connectivity index (χ1) is 8.11. The molecule has 0 radical (unpaired) electrons. The van der Waals surface area contributed by atoms with Crippen LogP contribution < -0.4 is 10.6 Å². The van der Waals surface area contributed by atoms with Crippen molar-refractivity contribution in [3.63, 3.8) is 0 Å². The summed E-state index contributed by atoms with van der Waals surface area (Å²) in [5.41, 5.74) is 9.44. The first kappa shape index (κ1) is 12.2. The Morgan fingerprint density at radius 1 is 1.35 bits per heavy atom. The minimum Gasteiger partial charge on any atom is -0.397 e. The van der Waals surface area contributed by atoms with Crippen LogP contribution in [-0.4, -0.2) is 37.1 Å². The van der Waals surface area contributed by atoms with Crippen molar-refractivity contribution in [3.05, 3.63) is 23.8 Å². The quantitative estimate of drug-likeness (QED) is 0.794. The molecule has 1 fully saturated rings. The molecule has 94 valence electrons. The lowest BCUT2D eigenvalue weighted by atomic mass is 10.1. The number of nitrogens with two attached hydrogens (primary N) is 1. The highest BCUT2D eigenvalue weighted by atomic mass is 15.3. The Labute approximate surface area is 104 Å². The lowest BCUT2D eigenvalue weighted by molar-refractivity contribution is 0.199. The minimum absolute atomic E-state index is 0.606. The molecular weight excluding hydrogens is 210 g/mol. The van der Waals surface area contributed by atoms with Gasteiger partial charge in [0, 0.05) is 25.7 Å². The van der Waals surface area contributed by atoms with Crippen LogP contribution in [0.1, 0.15) is 19.4 Å². The number of hydrogen-bond acceptors (Lipinski definition) is 3. The molecule has 0 aromatic heterocycles. The molecule has 3 heteroatoms. The minimum atomic E-state index is 0.606. The standard InChI is InChI=1S/C14H23N3/c1-4-16-7-8-17(10-12(16)3)14-6-5-11(2)9-13(14)15/h5-6,9,12H,4,7-8,10,15H2,1-3H3. The second kappa shape index (κ2) is 4.96. The van der Waals surface area contributed by atoms with Crippen molar-refractivity contribution >= 4 is 11.4 Å². The van der Waals surface area contributed by atoms with Gasteiger partial charge in [0.1, 0.15) is 0 Å². The predicted molar refractivity (Wildman–Crippen MR) is 74.5 cm³/mol. The fourth-order valence-electron chi connectivity index (χ4n) is 2.65. The van der Waals surface area contributed by atoms with Gasteiger partial charge in [-0.25, -0.2) is 0 Å². The van der Waals surface area contributed by atoms with Gasteiger partial charge in [0.2, 0.25) is 0 Å². The maximum atomic E-state index is 6.11. The largest absolute Gasteiger partial charge is 0.397 e. The zero-order valence-corrected chi connectivity index (χ0v) is 11.1. The summed E-state index contributed by atoms with van der Waals surface area (Å²) in [7, 11) is 0. The summed E-state index contributed by atoms with van der Waals surface area (Å²) in [6, 6.07) is 6.96. The molecule has 2 N–H and O–H groups in total. The molecule has 0 saturated carbocycles. The predicted octanol–water partition coefficient (Wildman–Crippen LogP) is 2.11. The lowest BCUT2D eigenvalue weighted by Gasteiger charge is -2.40. The Hall–Kier alpha value is -1.22. The molecule has 1 atom stereocenters. The van der Waals surface area contributed by atoms with Crippen molar-refractivity contribution in [3.8, 4) is 0 Å². The second-order valence-corrected chi connectivity index (χ2v) is 4.99. The summed E-state index contributed by atoms with van der Waals surface area (Å²) in [4.78, 5) is 4.92. The average molecular weight is 233 g/mol. The van der Waals surface area contributed by atoms with Crippen molar-refractivity contribution in [1.29, 1.82) is 0 Å². The molecule has 0 amide bonds. The topological polar surface area (TPSA) is 32.5 Å². The van der Waals surface area contributed by atoms with E-state index in [9.17, 15) is 0 Å². The zero-order valence-electron chi connectivity index (χ0n) is 11.1. The molecule has 0 aliphatic carbocycles. The van der Waals surface area contributed by atoms with Gasteiger partial charge in [-0.2, -0.15) is 0 Å². The number of piperazine rings is 1. The van der Waals surface area contributed by atoms with Crippen molar-refractivity contribution in [2.24, 2.45) is 0 Å². The summed E-state index contributed by atoms with van der Waals surface area (Å²) in [6.45, 7) is 11.0. The van der Waals surface area contributed by atoms with E-state index in [-0.39, 0.29) is 0 Å². The highest BCUT2D eigenvalue weighted by molar-refractivity contribution is 5.68. The van der Waals surface area contributed by atoms with Crippen LogP contribution in [0.15, 0.2) is 18.2 Å². The molecule has 17 heavy (non-hydrogen) atoms. The van der Waals surface area contributed by atoms with Crippen LogP contribution in [0, 0.1) is 6.92 Å². The van der Waals surface area contributed by atoms with Crippen LogP contribution in [0.5, 0.6) is 0 Å². The number of anilines is 2. The molecule has 1 aromatic carbocycles. The zero-order chi connectivity index (χ0) is 12.4. The SMILES string of the molecule is CCN1CCN(c2ccc(C)cc2N)CC1C. The van der Waals surface area contributed by atoms with Gasteiger partial charge in [-0.05, 0) is 38.1 Å². The number of nitrogen functional groups attached to an aromatic ring is 1. The molecule has 0 spiro atoms. The number of aryl methyl sites for hydroxylation is 1. The molecule has 1 saturated heterocycles. The third kappa shape index (κ3) is 2.55. The number of benzene rings is 1. The number of nitrogens with zero attached hydrogens (tertiary/aromatic N) is 2. The van der Waals surface area contributed by atoms with E-state index in [2.05, 4.69) is 48.8 Å². The maximum Gasteiger partial charge on any atom is 0.0601 e. The summed E-state index contributed by atoms with van der Waals surface area (Å²) in [6.07, 6.45) is 0. The van der Waals surface area contributed by atoms with Gasteiger partial charge in [-0.3, -0.25) is 4.90 Å². The number of hydrogen-bond donors (Lipinski definition) is 1. The Morgan fingerprint density at radius 3 is 2.71 bits per heavy atom. The van der Waals surface area contributed by atoms with E-state index in [0.717, 1.165) is 31.9 Å². The molecule has 0 bridgehead atoms. The van der Waals surface area contributed by atoms with Crippen molar-refractivity contribution in [2.75, 3.05) is 36.8 Å². The van der Waals surface area contributed by atoms with Crippen molar-refractivity contribution < 1.29 is 0 Å². The molecule has 1 aliphatic rings. The molecule has 1 aromatic rings. The highest BCUT2D eigenvalue weighted by Gasteiger charge is 2.23. The van der Waals surface area contributed by atoms with E-state index in [1.165, 1.54) is 11.3 Å². The van der Waals surface area contributed by atoms with Crippen LogP contribution in [0.2, 0.25) is 0 Å². The summed E-state index contributed by atoms with van der Waals surface area (Å²) in [5, 5.41) is 0. The Morgan fingerprint density at radius 2 is 2.12 bits per heavy atom. The van der Waals surface area contributed by atoms with Gasteiger partial charge in [-0.15, -0.1) is 0 Å². The lowest BCUT2D eigenvalue weighted by Crippen LogP contribution is -2.51. The molecule has 1 aliphatic heterocycles. The Balaban J connectivity index is 2.14. The molecule has 3 nitrogen and oxygen atoms in total. The van der Waals surface area contributed by atoms with E-state index in [4.69, 9.17) is 5.73 Å². The van der Waals surface area contributed by atoms with Crippen molar-refractivity contribution in [1.82, 2.24) is 4.90 Å². The molecular formula is C14H23N3. The fourth-order valence-corrected chi connectivity index (χ4v) is 2.65. The third-order valence-electron chi connectivity index (χ3n) is 3.69. The fraction of sp³-hybridized carbons (Fsp3) is 0.571. The normalized spacial score (nSPS) is 21.8. The summed E-state index contributed by atoms with van der Waals surface area (Å²) in [5.74, 6) is 0. The van der Waals surface area contributed by atoms with E-state index in [1.807, 2.05) is 0 Å². The third-order valence-corrected chi connectivity index (χ3v) is 3.69. The van der Waals surface area contributed by atoms with E-state index < -0.39 is 0 Å². The molecule has 1 unspecified atom stereocenters. The monoisotopic (exact) mass is 233 g/mol. The van der Waals surface area contributed by atoms with Crippen LogP contribution in [0.3, 0.4) is 0 Å². The van der Waals surface area contributed by atoms with Crippen LogP contribution in [0.4, 0.5) is 11.4 Å². The smallest absolute Gasteiger partial charge is 0.0601 e. The average Bonchev–Trinajstić information content (AvgIpc) is 2.29. The first-order valence-electron chi connectivity index (χ1n) is 6.47. The second-order valence-electron chi connectivity index (χ2n) is 4.99. The summed E-state index contributed by atoms with van der Waals surface area (Å²) >= 11 is 0. The molecule has 1 heterocycles. The first-order valence-corrected chi connectivity index (χ1v) is 6.47. The number of rotatable bonds is 2.